The molecule has 0 bridgehead atoms. The molecule has 5 heteroatoms. The second-order valence-corrected chi connectivity index (χ2v) is 2.78. The highest BCUT2D eigenvalue weighted by molar-refractivity contribution is 5.92. The van der Waals surface area contributed by atoms with Gasteiger partial charge in [0.05, 0.1) is 5.57 Å². The van der Waals surface area contributed by atoms with Crippen molar-refractivity contribution in [2.24, 2.45) is 0 Å². The number of carboxylic acids is 2. The number of carboxylic acid groups (broad SMARTS) is 2. The van der Waals surface area contributed by atoms with Crippen LogP contribution in [0.3, 0.4) is 0 Å². The molecular weight excluding hydrogens is 198 g/mol. The zero-order valence-corrected chi connectivity index (χ0v) is 8.80. The Morgan fingerprint density at radius 3 is 2.00 bits per heavy atom. The fourth-order valence-corrected chi connectivity index (χ4v) is 0.933. The quantitative estimate of drug-likeness (QED) is 0.507. The number of carbonyl (C=O) groups is 2. The van der Waals surface area contributed by atoms with Crippen molar-refractivity contribution < 1.29 is 19.8 Å². The van der Waals surface area contributed by atoms with Gasteiger partial charge in [0.2, 0.25) is 0 Å². The lowest BCUT2D eigenvalue weighted by atomic mass is 10.2. The average molecular weight is 213 g/mol. The average Bonchev–Trinajstić information content (AvgIpc) is 2.17. The van der Waals surface area contributed by atoms with E-state index in [0.717, 1.165) is 12.2 Å². The number of aliphatic carboxylic acids is 2. The van der Waals surface area contributed by atoms with Crippen molar-refractivity contribution in [3.63, 3.8) is 0 Å². The maximum atomic E-state index is 10.7. The van der Waals surface area contributed by atoms with E-state index in [1.165, 1.54) is 6.20 Å². The van der Waals surface area contributed by atoms with E-state index in [2.05, 4.69) is 0 Å². The normalized spacial score (nSPS) is 11.7. The minimum absolute atomic E-state index is 0.0406. The summed E-state index contributed by atoms with van der Waals surface area (Å²) < 4.78 is 0. The maximum Gasteiger partial charge on any atom is 0.337 e. The SMILES string of the molecule is CCN(C=C(C=CC(=O)O)C(=O)O)CC. The summed E-state index contributed by atoms with van der Waals surface area (Å²) in [5.41, 5.74) is -0.0406. The molecule has 0 aromatic heterocycles. The van der Waals surface area contributed by atoms with E-state index in [-0.39, 0.29) is 5.57 Å². The van der Waals surface area contributed by atoms with Crippen LogP contribution in [0.2, 0.25) is 0 Å². The van der Waals surface area contributed by atoms with Crippen LogP contribution in [0.1, 0.15) is 13.8 Å². The fourth-order valence-electron chi connectivity index (χ4n) is 0.933. The summed E-state index contributed by atoms with van der Waals surface area (Å²) in [5.74, 6) is -2.30. The highest BCUT2D eigenvalue weighted by Gasteiger charge is 2.05. The lowest BCUT2D eigenvalue weighted by molar-refractivity contribution is -0.132. The molecule has 0 radical (unpaired) electrons. The van der Waals surface area contributed by atoms with Crippen LogP contribution in [-0.4, -0.2) is 40.1 Å². The summed E-state index contributed by atoms with van der Waals surface area (Å²) in [4.78, 5) is 22.7. The Labute approximate surface area is 88.3 Å². The summed E-state index contributed by atoms with van der Waals surface area (Å²) in [6, 6.07) is 0. The van der Waals surface area contributed by atoms with Crippen molar-refractivity contribution in [1.82, 2.24) is 4.90 Å². The van der Waals surface area contributed by atoms with Crippen molar-refractivity contribution in [2.45, 2.75) is 13.8 Å². The molecular formula is C10H15NO4. The minimum Gasteiger partial charge on any atom is -0.478 e. The van der Waals surface area contributed by atoms with Crippen molar-refractivity contribution >= 4 is 11.9 Å². The molecule has 0 saturated heterocycles. The molecule has 0 aromatic carbocycles. The predicted molar refractivity (Wildman–Crippen MR) is 55.4 cm³/mol. The van der Waals surface area contributed by atoms with E-state index in [4.69, 9.17) is 10.2 Å². The molecule has 0 fully saturated rings. The molecule has 15 heavy (non-hydrogen) atoms. The molecule has 2 N–H and O–H groups in total. The summed E-state index contributed by atoms with van der Waals surface area (Å²) >= 11 is 0. The van der Waals surface area contributed by atoms with Crippen LogP contribution < -0.4 is 0 Å². The summed E-state index contributed by atoms with van der Waals surface area (Å²) in [6.45, 7) is 5.13. The molecule has 0 aliphatic heterocycles. The Morgan fingerprint density at radius 2 is 1.67 bits per heavy atom. The van der Waals surface area contributed by atoms with Gasteiger partial charge in [-0.15, -0.1) is 0 Å². The van der Waals surface area contributed by atoms with Gasteiger partial charge in [0.15, 0.2) is 0 Å². The lowest BCUT2D eigenvalue weighted by Gasteiger charge is -2.15. The second kappa shape index (κ2) is 6.64. The number of nitrogens with zero attached hydrogens (tertiary/aromatic N) is 1. The number of hydrogen-bond donors (Lipinski definition) is 2. The van der Waals surface area contributed by atoms with Crippen LogP contribution in [0, 0.1) is 0 Å². The summed E-state index contributed by atoms with van der Waals surface area (Å²) in [6.07, 6.45) is 3.31. The fraction of sp³-hybridized carbons (Fsp3) is 0.400. The Hall–Kier alpha value is -1.78. The highest BCUT2D eigenvalue weighted by atomic mass is 16.4. The van der Waals surface area contributed by atoms with Gasteiger partial charge in [0.1, 0.15) is 0 Å². The second-order valence-electron chi connectivity index (χ2n) is 2.78. The van der Waals surface area contributed by atoms with Crippen molar-refractivity contribution in [3.05, 3.63) is 23.9 Å². The minimum atomic E-state index is -1.17. The van der Waals surface area contributed by atoms with Crippen molar-refractivity contribution in [3.8, 4) is 0 Å². The molecule has 0 saturated carbocycles. The Balaban J connectivity index is 4.79. The van der Waals surface area contributed by atoms with Crippen LogP contribution >= 0.6 is 0 Å². The molecule has 0 aliphatic carbocycles. The first-order chi connectivity index (χ1) is 7.01. The summed E-state index contributed by atoms with van der Waals surface area (Å²) in [7, 11) is 0. The smallest absolute Gasteiger partial charge is 0.337 e. The third-order valence-corrected chi connectivity index (χ3v) is 1.79. The van der Waals surface area contributed by atoms with Crippen LogP contribution in [-0.2, 0) is 9.59 Å². The molecule has 0 amide bonds. The van der Waals surface area contributed by atoms with Gasteiger partial charge in [0, 0.05) is 25.4 Å². The molecule has 5 nitrogen and oxygen atoms in total. The van der Waals surface area contributed by atoms with E-state index >= 15 is 0 Å². The maximum absolute atomic E-state index is 10.7. The molecule has 0 aromatic rings. The van der Waals surface area contributed by atoms with Crippen LogP contribution in [0.25, 0.3) is 0 Å². The predicted octanol–water partition coefficient (Wildman–Crippen LogP) is 0.937. The largest absolute Gasteiger partial charge is 0.478 e. The van der Waals surface area contributed by atoms with Gasteiger partial charge in [0.25, 0.3) is 0 Å². The first-order valence-electron chi connectivity index (χ1n) is 4.61. The zero-order chi connectivity index (χ0) is 11.8. The Kier molecular flexibility index (Phi) is 5.85. The third kappa shape index (κ3) is 5.51. The first kappa shape index (κ1) is 13.2. The van der Waals surface area contributed by atoms with Crippen LogP contribution in [0.4, 0.5) is 0 Å². The van der Waals surface area contributed by atoms with Crippen molar-refractivity contribution in [1.29, 1.82) is 0 Å². The monoisotopic (exact) mass is 213 g/mol. The van der Waals surface area contributed by atoms with E-state index in [0.29, 0.717) is 13.1 Å². The van der Waals surface area contributed by atoms with E-state index in [9.17, 15) is 9.59 Å². The molecule has 84 valence electrons. The Bertz CT molecular complexity index is 290. The first-order valence-corrected chi connectivity index (χ1v) is 4.61. The highest BCUT2D eigenvalue weighted by Crippen LogP contribution is 2.01. The standard InChI is InChI=1S/C10H15NO4/c1-3-11(4-2)7-8(10(14)15)5-6-9(12)13/h5-7H,3-4H2,1-2H3,(H,12,13)(H,14,15). The molecule has 0 aliphatic rings. The zero-order valence-electron chi connectivity index (χ0n) is 8.80. The van der Waals surface area contributed by atoms with Crippen LogP contribution in [0.5, 0.6) is 0 Å². The number of hydrogen-bond acceptors (Lipinski definition) is 3. The van der Waals surface area contributed by atoms with Gasteiger partial charge in [-0.25, -0.2) is 9.59 Å². The van der Waals surface area contributed by atoms with Gasteiger partial charge in [-0.05, 0) is 19.9 Å². The molecule has 0 atom stereocenters. The molecule has 0 unspecified atom stereocenters. The van der Waals surface area contributed by atoms with Gasteiger partial charge in [-0.1, -0.05) is 0 Å². The van der Waals surface area contributed by atoms with E-state index < -0.39 is 11.9 Å². The van der Waals surface area contributed by atoms with E-state index in [1.54, 1.807) is 4.90 Å². The topological polar surface area (TPSA) is 77.8 Å². The van der Waals surface area contributed by atoms with E-state index in [1.807, 2.05) is 13.8 Å². The van der Waals surface area contributed by atoms with Crippen LogP contribution in [0.15, 0.2) is 23.9 Å². The summed E-state index contributed by atoms with van der Waals surface area (Å²) in [5, 5.41) is 17.2. The lowest BCUT2D eigenvalue weighted by Crippen LogP contribution is -2.17. The van der Waals surface area contributed by atoms with Crippen molar-refractivity contribution in [2.75, 3.05) is 13.1 Å². The number of rotatable bonds is 6. The van der Waals surface area contributed by atoms with Gasteiger partial charge >= 0.3 is 11.9 Å². The third-order valence-electron chi connectivity index (χ3n) is 1.79. The molecule has 0 rings (SSSR count). The Morgan fingerprint density at radius 1 is 1.13 bits per heavy atom. The molecule has 0 heterocycles. The van der Waals surface area contributed by atoms with Gasteiger partial charge in [-0.3, -0.25) is 0 Å². The van der Waals surface area contributed by atoms with Gasteiger partial charge in [-0.2, -0.15) is 0 Å². The van der Waals surface area contributed by atoms with Gasteiger partial charge < -0.3 is 15.1 Å². The molecule has 0 spiro atoms.